The van der Waals surface area contributed by atoms with Crippen molar-refractivity contribution >= 4 is 20.0 Å². The molecular formula is C4F8NO4S2-. The number of nitrogens with zero attached hydrogens (tertiary/aromatic N) is 1. The number of hydrogen-bond acceptors (Lipinski definition) is 4. The average molecular weight is 342 g/mol. The summed E-state index contributed by atoms with van der Waals surface area (Å²) in [6, 6.07) is 0. The summed E-state index contributed by atoms with van der Waals surface area (Å²) in [6.45, 7) is 0. The average Bonchev–Trinajstić information content (AvgIpc) is 2.10. The van der Waals surface area contributed by atoms with Crippen LogP contribution in [0.3, 0.4) is 0 Å². The van der Waals surface area contributed by atoms with E-state index in [0.29, 0.717) is 0 Å². The van der Waals surface area contributed by atoms with Gasteiger partial charge in [0, 0.05) is 0 Å². The van der Waals surface area contributed by atoms with Gasteiger partial charge in [-0.3, -0.25) is 0 Å². The van der Waals surface area contributed by atoms with Crippen LogP contribution in [0.25, 0.3) is 4.13 Å². The van der Waals surface area contributed by atoms with Gasteiger partial charge in [0.15, 0.2) is 10.0 Å². The van der Waals surface area contributed by atoms with Crippen molar-refractivity contribution in [2.24, 2.45) is 0 Å². The quantitative estimate of drug-likeness (QED) is 0.625. The lowest BCUT2D eigenvalue weighted by Crippen LogP contribution is -2.71. The van der Waals surface area contributed by atoms with Crippen LogP contribution in [0.4, 0.5) is 35.1 Å². The van der Waals surface area contributed by atoms with Crippen molar-refractivity contribution in [2.45, 2.75) is 22.4 Å². The van der Waals surface area contributed by atoms with E-state index in [1.54, 1.807) is 0 Å². The Morgan fingerprint density at radius 2 is 1.16 bits per heavy atom. The minimum atomic E-state index is -7.15. The molecule has 0 radical (unpaired) electrons. The smallest absolute Gasteiger partial charge is 0.427 e. The first-order valence-electron chi connectivity index (χ1n) is 3.70. The predicted molar refractivity (Wildman–Crippen MR) is 41.0 cm³/mol. The Morgan fingerprint density at radius 3 is 1.47 bits per heavy atom. The number of halogens is 8. The van der Waals surface area contributed by atoms with Crippen LogP contribution in [-0.2, 0) is 20.0 Å². The van der Waals surface area contributed by atoms with Gasteiger partial charge in [-0.15, -0.1) is 0 Å². The van der Waals surface area contributed by atoms with Crippen molar-refractivity contribution < 1.29 is 52.0 Å². The fourth-order valence-corrected chi connectivity index (χ4v) is 4.16. The fraction of sp³-hybridized carbons (Fsp3) is 1.00. The lowest BCUT2D eigenvalue weighted by atomic mass is 10.2. The normalized spacial score (nSPS) is 35.8. The predicted octanol–water partition coefficient (Wildman–Crippen LogP) is 1.49. The van der Waals surface area contributed by atoms with Crippen LogP contribution in [0.5, 0.6) is 0 Å². The molecule has 19 heavy (non-hydrogen) atoms. The summed E-state index contributed by atoms with van der Waals surface area (Å²) in [7, 11) is -14.0. The molecule has 15 heteroatoms. The number of sulfonamides is 2. The molecule has 0 bridgehead atoms. The molecule has 0 spiro atoms. The first-order valence-corrected chi connectivity index (χ1v) is 6.58. The summed E-state index contributed by atoms with van der Waals surface area (Å²) in [5, 5.41) is -13.5. The van der Waals surface area contributed by atoms with Crippen molar-refractivity contribution in [2.75, 3.05) is 0 Å². The van der Waals surface area contributed by atoms with E-state index in [-0.39, 0.29) is 0 Å². The van der Waals surface area contributed by atoms with Gasteiger partial charge < -0.3 is 4.13 Å². The highest BCUT2D eigenvalue weighted by molar-refractivity contribution is 8.14. The van der Waals surface area contributed by atoms with Crippen LogP contribution in [0.1, 0.15) is 0 Å². The van der Waals surface area contributed by atoms with Crippen molar-refractivity contribution in [1.82, 2.24) is 0 Å². The third kappa shape index (κ3) is 1.60. The van der Waals surface area contributed by atoms with E-state index in [2.05, 4.69) is 0 Å². The van der Waals surface area contributed by atoms with Crippen molar-refractivity contribution in [3.05, 3.63) is 4.13 Å². The molecule has 1 aliphatic heterocycles. The molecule has 1 fully saturated rings. The molecule has 1 rings (SSSR count). The highest BCUT2D eigenvalue weighted by Gasteiger charge is 2.88. The zero-order valence-electron chi connectivity index (χ0n) is 7.92. The minimum Gasteiger partial charge on any atom is -0.427 e. The maximum Gasteiger partial charge on any atom is 0.442 e. The van der Waals surface area contributed by atoms with Gasteiger partial charge >= 0.3 is 22.4 Å². The Labute approximate surface area is 99.2 Å². The monoisotopic (exact) mass is 342 g/mol. The van der Waals surface area contributed by atoms with Gasteiger partial charge in [0.1, 0.15) is 10.0 Å². The largest absolute Gasteiger partial charge is 0.442 e. The van der Waals surface area contributed by atoms with Gasteiger partial charge in [0.2, 0.25) is 0 Å². The molecule has 5 nitrogen and oxygen atoms in total. The van der Waals surface area contributed by atoms with E-state index in [9.17, 15) is 52.0 Å². The van der Waals surface area contributed by atoms with Crippen molar-refractivity contribution in [1.29, 1.82) is 0 Å². The highest BCUT2D eigenvalue weighted by Crippen LogP contribution is 2.62. The van der Waals surface area contributed by atoms with E-state index >= 15 is 0 Å². The summed E-state index contributed by atoms with van der Waals surface area (Å²) in [5.41, 5.74) is 0. The molecule has 1 saturated heterocycles. The molecule has 0 aromatic carbocycles. The molecule has 114 valence electrons. The highest BCUT2D eigenvalue weighted by atomic mass is 32.3. The van der Waals surface area contributed by atoms with E-state index in [0.717, 1.165) is 4.13 Å². The molecule has 0 aliphatic carbocycles. The zero-order chi connectivity index (χ0) is 15.7. The Morgan fingerprint density at radius 1 is 0.789 bits per heavy atom. The number of hydrogen-bond donors (Lipinski definition) is 0. The molecule has 1 heterocycles. The van der Waals surface area contributed by atoms with Gasteiger partial charge in [0.05, 0.1) is 0 Å². The van der Waals surface area contributed by atoms with Crippen LogP contribution in [0.2, 0.25) is 0 Å². The van der Waals surface area contributed by atoms with Gasteiger partial charge in [-0.2, -0.15) is 30.7 Å². The third-order valence-electron chi connectivity index (χ3n) is 2.01. The number of alkyl halides is 8. The van der Waals surface area contributed by atoms with Gasteiger partial charge in [-0.1, -0.05) is 0 Å². The second-order valence-electron chi connectivity index (χ2n) is 3.21. The molecule has 0 aromatic heterocycles. The summed E-state index contributed by atoms with van der Waals surface area (Å²) < 4.78 is 144. The molecule has 0 saturated carbocycles. The SMILES string of the molecule is O=S1(=O)[N-]S(=O)(=O)C(F)(C(F)(F)F)C(F)(F)C1(F)F. The van der Waals surface area contributed by atoms with Crippen LogP contribution >= 0.6 is 0 Å². The molecule has 0 aromatic rings. The standard InChI is InChI=1S/C4F8NO4S2/c5-1(6)2(7,3(8,9)10)18(14,15)13-19(16,17)4(1,11)12/q-1. The lowest BCUT2D eigenvalue weighted by molar-refractivity contribution is -0.303. The summed E-state index contributed by atoms with van der Waals surface area (Å²) >= 11 is 0. The summed E-state index contributed by atoms with van der Waals surface area (Å²) in [4.78, 5) is 0. The Balaban J connectivity index is 3.87. The first-order chi connectivity index (χ1) is 7.96. The Hall–Kier alpha value is -0.700. The maximum absolute atomic E-state index is 13.2. The minimum absolute atomic E-state index is 0.934. The maximum atomic E-state index is 13.2. The molecule has 0 amide bonds. The molecule has 1 unspecified atom stereocenters. The van der Waals surface area contributed by atoms with Crippen molar-refractivity contribution in [3.8, 4) is 0 Å². The molecule has 1 atom stereocenters. The second-order valence-corrected chi connectivity index (χ2v) is 6.78. The Kier molecular flexibility index (Phi) is 3.00. The van der Waals surface area contributed by atoms with Crippen molar-refractivity contribution in [3.63, 3.8) is 0 Å². The Bertz CT molecular complexity index is 605. The van der Waals surface area contributed by atoms with Crippen LogP contribution in [0, 0.1) is 0 Å². The first kappa shape index (κ1) is 16.4. The van der Waals surface area contributed by atoms with E-state index in [4.69, 9.17) is 0 Å². The third-order valence-corrected chi connectivity index (χ3v) is 5.68. The van der Waals surface area contributed by atoms with E-state index < -0.39 is 42.4 Å². The molecule has 0 N–H and O–H groups in total. The van der Waals surface area contributed by atoms with E-state index in [1.807, 2.05) is 0 Å². The topological polar surface area (TPSA) is 82.4 Å². The number of rotatable bonds is 0. The molecular weight excluding hydrogens is 342 g/mol. The van der Waals surface area contributed by atoms with Crippen LogP contribution < -0.4 is 0 Å². The van der Waals surface area contributed by atoms with E-state index in [1.165, 1.54) is 0 Å². The summed E-state index contributed by atoms with van der Waals surface area (Å²) in [6.07, 6.45) is -7.04. The van der Waals surface area contributed by atoms with Crippen LogP contribution in [0.15, 0.2) is 0 Å². The van der Waals surface area contributed by atoms with Gasteiger partial charge in [-0.25, -0.2) is 21.2 Å². The summed E-state index contributed by atoms with van der Waals surface area (Å²) in [5.74, 6) is -7.11. The van der Waals surface area contributed by atoms with Gasteiger partial charge in [-0.05, 0) is 0 Å². The zero-order valence-corrected chi connectivity index (χ0v) is 9.55. The second kappa shape index (κ2) is 3.49. The van der Waals surface area contributed by atoms with Gasteiger partial charge in [0.25, 0.3) is 0 Å². The lowest BCUT2D eigenvalue weighted by Gasteiger charge is -2.47. The fourth-order valence-electron chi connectivity index (χ4n) is 1.06. The van der Waals surface area contributed by atoms with Crippen LogP contribution in [-0.4, -0.2) is 39.2 Å². The molecule has 1 aliphatic rings.